The van der Waals surface area contributed by atoms with Gasteiger partial charge in [0.1, 0.15) is 5.78 Å². The number of rotatable bonds is 0. The molecular formula is C12H13ClO. The van der Waals surface area contributed by atoms with Crippen LogP contribution in [0.3, 0.4) is 0 Å². The summed E-state index contributed by atoms with van der Waals surface area (Å²) in [6.07, 6.45) is 1.34. The summed E-state index contributed by atoms with van der Waals surface area (Å²) in [7, 11) is 0. The van der Waals surface area contributed by atoms with Gasteiger partial charge >= 0.3 is 0 Å². The Morgan fingerprint density at radius 2 is 2.14 bits per heavy atom. The smallest absolute Gasteiger partial charge is 0.140 e. The maximum Gasteiger partial charge on any atom is 0.140 e. The highest BCUT2D eigenvalue weighted by molar-refractivity contribution is 6.22. The number of carbonyl (C=O) groups is 1. The SMILES string of the molecule is C[C@]12[C@H]3[C@@H]4C[C@H]5[C@H]3C(=O)[C@H]1[C@@H]5[C@H]4[C@H]2Cl. The summed E-state index contributed by atoms with van der Waals surface area (Å²) in [5.41, 5.74) is 0.219. The number of hydrogen-bond donors (Lipinski definition) is 0. The molecule has 0 aliphatic heterocycles. The molecule has 74 valence electrons. The van der Waals surface area contributed by atoms with Crippen molar-refractivity contribution in [1.82, 2.24) is 0 Å². The van der Waals surface area contributed by atoms with E-state index in [0.29, 0.717) is 28.9 Å². The largest absolute Gasteiger partial charge is 0.299 e. The summed E-state index contributed by atoms with van der Waals surface area (Å²) in [5.74, 6) is 5.20. The van der Waals surface area contributed by atoms with Gasteiger partial charge < -0.3 is 0 Å². The molecule has 0 radical (unpaired) electrons. The molecule has 0 saturated heterocycles. The molecule has 6 rings (SSSR count). The van der Waals surface area contributed by atoms with E-state index in [4.69, 9.17) is 11.6 Å². The highest BCUT2D eigenvalue weighted by Crippen LogP contribution is 2.86. The van der Waals surface area contributed by atoms with Gasteiger partial charge in [-0.2, -0.15) is 0 Å². The first kappa shape index (κ1) is 7.27. The molecule has 0 aromatic heterocycles. The second kappa shape index (κ2) is 1.61. The van der Waals surface area contributed by atoms with Gasteiger partial charge in [-0.25, -0.2) is 0 Å². The fourth-order valence-corrected chi connectivity index (χ4v) is 7.35. The third-order valence-corrected chi connectivity index (χ3v) is 7.39. The highest BCUT2D eigenvalue weighted by Gasteiger charge is 2.87. The Bertz CT molecular complexity index is 390. The van der Waals surface area contributed by atoms with E-state index in [1.54, 1.807) is 0 Å². The molecule has 1 nitrogen and oxygen atoms in total. The molecule has 0 amide bonds. The topological polar surface area (TPSA) is 17.1 Å². The van der Waals surface area contributed by atoms with Crippen molar-refractivity contribution in [2.45, 2.75) is 18.7 Å². The number of halogens is 1. The summed E-state index contributed by atoms with van der Waals surface area (Å²) in [5, 5.41) is 0.328. The van der Waals surface area contributed by atoms with Gasteiger partial charge in [0.25, 0.3) is 0 Å². The first-order chi connectivity index (χ1) is 6.67. The van der Waals surface area contributed by atoms with Crippen LogP contribution in [0.15, 0.2) is 0 Å². The molecule has 0 heterocycles. The van der Waals surface area contributed by atoms with Crippen molar-refractivity contribution < 1.29 is 4.79 Å². The zero-order chi connectivity index (χ0) is 9.40. The van der Waals surface area contributed by atoms with Crippen LogP contribution in [0.5, 0.6) is 0 Å². The maximum atomic E-state index is 12.2. The van der Waals surface area contributed by atoms with Crippen molar-refractivity contribution in [2.24, 2.45) is 46.8 Å². The summed E-state index contributed by atoms with van der Waals surface area (Å²) in [4.78, 5) is 12.2. The first-order valence-electron chi connectivity index (χ1n) is 5.85. The predicted octanol–water partition coefficient (Wildman–Crippen LogP) is 1.94. The molecule has 6 saturated carbocycles. The van der Waals surface area contributed by atoms with Gasteiger partial charge in [0.05, 0.1) is 0 Å². The Morgan fingerprint density at radius 1 is 1.36 bits per heavy atom. The average Bonchev–Trinajstić information content (AvgIpc) is 2.81. The molecule has 9 atom stereocenters. The van der Waals surface area contributed by atoms with Gasteiger partial charge in [-0.15, -0.1) is 11.6 Å². The molecule has 2 heteroatoms. The third kappa shape index (κ3) is 0.374. The Balaban J connectivity index is 1.92. The molecule has 0 aromatic rings. The van der Waals surface area contributed by atoms with Crippen molar-refractivity contribution in [2.75, 3.05) is 0 Å². The minimum Gasteiger partial charge on any atom is -0.299 e. The van der Waals surface area contributed by atoms with Gasteiger partial charge in [0.2, 0.25) is 0 Å². The number of hydrogen-bond acceptors (Lipinski definition) is 1. The van der Waals surface area contributed by atoms with Gasteiger partial charge in [0, 0.05) is 17.2 Å². The van der Waals surface area contributed by atoms with E-state index in [1.807, 2.05) is 0 Å². The van der Waals surface area contributed by atoms with Crippen molar-refractivity contribution in [3.8, 4) is 0 Å². The van der Waals surface area contributed by atoms with Gasteiger partial charge in [-0.05, 0) is 41.4 Å². The second-order valence-corrected chi connectivity index (χ2v) is 6.89. The third-order valence-electron chi connectivity index (χ3n) is 6.63. The molecule has 6 fully saturated rings. The number of alkyl halides is 1. The fraction of sp³-hybridized carbons (Fsp3) is 0.917. The van der Waals surface area contributed by atoms with Crippen LogP contribution in [0.4, 0.5) is 0 Å². The molecule has 6 aliphatic rings. The molecular weight excluding hydrogens is 196 g/mol. The first-order valence-corrected chi connectivity index (χ1v) is 6.29. The molecule has 0 aromatic carbocycles. The van der Waals surface area contributed by atoms with Gasteiger partial charge in [-0.1, -0.05) is 6.92 Å². The van der Waals surface area contributed by atoms with Crippen molar-refractivity contribution in [1.29, 1.82) is 0 Å². The van der Waals surface area contributed by atoms with Crippen molar-refractivity contribution in [3.63, 3.8) is 0 Å². The monoisotopic (exact) mass is 208 g/mol. The Hall–Kier alpha value is -0.0400. The standard InChI is InChI=1S/C12H13ClO/c1-12-8-4-2-3-5(6(4)11(12)13)9(12)10(14)7(3)8/h3-9,11H,2H2,1H3/t3-,4-,5+,6+,7-,8+,9-,11-,12+/m1/s1. The second-order valence-electron chi connectivity index (χ2n) is 6.42. The molecule has 0 N–H and O–H groups in total. The molecule has 6 aliphatic carbocycles. The van der Waals surface area contributed by atoms with Crippen molar-refractivity contribution in [3.05, 3.63) is 0 Å². The normalized spacial score (nSPS) is 80.3. The minimum absolute atomic E-state index is 0.219. The lowest BCUT2D eigenvalue weighted by Crippen LogP contribution is -2.37. The van der Waals surface area contributed by atoms with Crippen LogP contribution in [0.2, 0.25) is 0 Å². The average molecular weight is 209 g/mol. The van der Waals surface area contributed by atoms with E-state index in [9.17, 15) is 4.79 Å². The minimum atomic E-state index is 0.219. The molecule has 0 spiro atoms. The Kier molecular flexibility index (Phi) is 0.835. The summed E-state index contributed by atoms with van der Waals surface area (Å²) < 4.78 is 0. The summed E-state index contributed by atoms with van der Waals surface area (Å²) in [6, 6.07) is 0. The Labute approximate surface area is 88.2 Å². The lowest BCUT2D eigenvalue weighted by atomic mass is 9.64. The lowest BCUT2D eigenvalue weighted by molar-refractivity contribution is -0.122. The fourth-order valence-electron chi connectivity index (χ4n) is 6.72. The zero-order valence-electron chi connectivity index (χ0n) is 8.11. The maximum absolute atomic E-state index is 12.2. The van der Waals surface area contributed by atoms with Crippen LogP contribution in [0, 0.1) is 46.8 Å². The van der Waals surface area contributed by atoms with Crippen LogP contribution < -0.4 is 0 Å². The zero-order valence-corrected chi connectivity index (χ0v) is 8.87. The van der Waals surface area contributed by atoms with Crippen LogP contribution in [-0.2, 0) is 4.79 Å². The van der Waals surface area contributed by atoms with Crippen LogP contribution in [0.25, 0.3) is 0 Å². The number of carbonyl (C=O) groups excluding carboxylic acids is 1. The van der Waals surface area contributed by atoms with Crippen LogP contribution in [-0.4, -0.2) is 11.2 Å². The van der Waals surface area contributed by atoms with E-state index >= 15 is 0 Å². The van der Waals surface area contributed by atoms with Gasteiger partial charge in [-0.3, -0.25) is 4.79 Å². The number of Topliss-reactive ketones (excluding diaryl/α,β-unsaturated/α-hetero) is 1. The highest BCUT2D eigenvalue weighted by atomic mass is 35.5. The molecule has 14 heavy (non-hydrogen) atoms. The van der Waals surface area contributed by atoms with E-state index in [0.717, 1.165) is 23.7 Å². The quantitative estimate of drug-likeness (QED) is 0.556. The van der Waals surface area contributed by atoms with Crippen LogP contribution >= 0.6 is 11.6 Å². The molecule has 6 bridgehead atoms. The number of ketones is 1. The van der Waals surface area contributed by atoms with E-state index in [2.05, 4.69) is 6.92 Å². The van der Waals surface area contributed by atoms with E-state index in [1.165, 1.54) is 6.42 Å². The summed E-state index contributed by atoms with van der Waals surface area (Å²) >= 11 is 6.60. The molecule has 0 unspecified atom stereocenters. The lowest BCUT2D eigenvalue weighted by Gasteiger charge is -2.38. The predicted molar refractivity (Wildman–Crippen MR) is 51.8 cm³/mol. The Morgan fingerprint density at radius 3 is 2.86 bits per heavy atom. The van der Waals surface area contributed by atoms with E-state index in [-0.39, 0.29) is 5.41 Å². The van der Waals surface area contributed by atoms with Crippen LogP contribution in [0.1, 0.15) is 13.3 Å². The van der Waals surface area contributed by atoms with Crippen molar-refractivity contribution >= 4 is 17.4 Å². The van der Waals surface area contributed by atoms with Gasteiger partial charge in [0.15, 0.2) is 0 Å². The summed E-state index contributed by atoms with van der Waals surface area (Å²) in [6.45, 7) is 2.31. The van der Waals surface area contributed by atoms with E-state index < -0.39 is 0 Å².